The molecule has 0 aliphatic carbocycles. The van der Waals surface area contributed by atoms with Crippen molar-refractivity contribution in [2.45, 2.75) is 37.8 Å². The molecule has 6 heteroatoms. The number of hydrogen-bond donors (Lipinski definition) is 2. The number of nitrogens with zero attached hydrogens (tertiary/aromatic N) is 1. The molecule has 0 spiro atoms. The third-order valence-corrected chi connectivity index (χ3v) is 5.92. The molecule has 0 radical (unpaired) electrons. The van der Waals surface area contributed by atoms with Crippen molar-refractivity contribution in [2.75, 3.05) is 6.54 Å². The van der Waals surface area contributed by atoms with Crippen LogP contribution in [0.1, 0.15) is 48.9 Å². The first-order valence-corrected chi connectivity index (χ1v) is 10.2. The molecule has 1 fully saturated rings. The van der Waals surface area contributed by atoms with E-state index in [1.54, 1.807) is 11.1 Å². The van der Waals surface area contributed by atoms with Gasteiger partial charge in [-0.2, -0.15) is 0 Å². The maximum absolute atomic E-state index is 12.9. The fourth-order valence-corrected chi connectivity index (χ4v) is 4.34. The molecule has 2 unspecified atom stereocenters. The lowest BCUT2D eigenvalue weighted by Gasteiger charge is -2.33. The first-order valence-electron chi connectivity index (χ1n) is 10.2. The standard InChI is InChI=1S/C24H25N3O3/c1-17(28)27-14-12-18-7-5-6-10-20(18)21(27)15-23(30)25-16-24(13-11-22(29)26-24)19-8-3-2-4-9-19/h2-10,12,14,21H,11,13,15-16H2,1H3,(H,25,30)(H,26,29). The molecule has 2 aromatic rings. The topological polar surface area (TPSA) is 78.5 Å². The molecule has 2 N–H and O–H groups in total. The van der Waals surface area contributed by atoms with Crippen LogP contribution in [0.15, 0.2) is 60.8 Å². The summed E-state index contributed by atoms with van der Waals surface area (Å²) in [7, 11) is 0. The Morgan fingerprint density at radius 2 is 1.87 bits per heavy atom. The second kappa shape index (κ2) is 8.14. The van der Waals surface area contributed by atoms with E-state index in [2.05, 4.69) is 10.6 Å². The lowest BCUT2D eigenvalue weighted by atomic mass is 9.88. The molecule has 2 heterocycles. The molecule has 6 nitrogen and oxygen atoms in total. The molecule has 2 atom stereocenters. The molecule has 0 aromatic heterocycles. The van der Waals surface area contributed by atoms with Crippen molar-refractivity contribution in [1.29, 1.82) is 0 Å². The van der Waals surface area contributed by atoms with Crippen LogP contribution in [0, 0.1) is 0 Å². The van der Waals surface area contributed by atoms with Gasteiger partial charge < -0.3 is 15.5 Å². The molecule has 2 aromatic carbocycles. The zero-order chi connectivity index (χ0) is 21.1. The predicted octanol–water partition coefficient (Wildman–Crippen LogP) is 2.87. The molecule has 0 saturated carbocycles. The van der Waals surface area contributed by atoms with Gasteiger partial charge in [0.25, 0.3) is 0 Å². The highest BCUT2D eigenvalue weighted by Crippen LogP contribution is 2.34. The van der Waals surface area contributed by atoms with Gasteiger partial charge in [-0.3, -0.25) is 14.4 Å². The van der Waals surface area contributed by atoms with Crippen molar-refractivity contribution < 1.29 is 14.4 Å². The van der Waals surface area contributed by atoms with Crippen LogP contribution in [0.4, 0.5) is 0 Å². The summed E-state index contributed by atoms with van der Waals surface area (Å²) in [4.78, 5) is 38.6. The normalized spacial score (nSPS) is 22.4. The summed E-state index contributed by atoms with van der Waals surface area (Å²) in [5.74, 6) is -0.280. The molecular weight excluding hydrogens is 378 g/mol. The Hall–Kier alpha value is -3.41. The number of rotatable bonds is 5. The van der Waals surface area contributed by atoms with Crippen LogP contribution < -0.4 is 10.6 Å². The molecule has 2 aliphatic heterocycles. The highest BCUT2D eigenvalue weighted by Gasteiger charge is 2.39. The fraction of sp³-hybridized carbons (Fsp3) is 0.292. The van der Waals surface area contributed by atoms with Crippen LogP contribution in [-0.2, 0) is 19.9 Å². The molecule has 4 rings (SSSR count). The summed E-state index contributed by atoms with van der Waals surface area (Å²) in [6.07, 6.45) is 4.85. The minimum absolute atomic E-state index is 0.0119. The van der Waals surface area contributed by atoms with Crippen molar-refractivity contribution in [3.63, 3.8) is 0 Å². The van der Waals surface area contributed by atoms with E-state index >= 15 is 0 Å². The van der Waals surface area contributed by atoms with Crippen molar-refractivity contribution >= 4 is 23.8 Å². The molecular formula is C24H25N3O3. The Labute approximate surface area is 176 Å². The average molecular weight is 403 g/mol. The number of fused-ring (bicyclic) bond motifs is 1. The number of benzene rings is 2. The lowest BCUT2D eigenvalue weighted by molar-refractivity contribution is -0.130. The van der Waals surface area contributed by atoms with Gasteiger partial charge in [0.1, 0.15) is 0 Å². The first-order chi connectivity index (χ1) is 14.5. The fourth-order valence-electron chi connectivity index (χ4n) is 4.34. The number of carbonyl (C=O) groups excluding carboxylic acids is 3. The molecule has 3 amide bonds. The molecule has 2 aliphatic rings. The summed E-state index contributed by atoms with van der Waals surface area (Å²) in [6, 6.07) is 17.2. The van der Waals surface area contributed by atoms with Crippen molar-refractivity contribution in [2.24, 2.45) is 0 Å². The van der Waals surface area contributed by atoms with Crippen LogP contribution in [0.5, 0.6) is 0 Å². The van der Waals surface area contributed by atoms with Crippen molar-refractivity contribution in [1.82, 2.24) is 15.5 Å². The zero-order valence-electron chi connectivity index (χ0n) is 16.9. The number of amides is 3. The van der Waals surface area contributed by atoms with E-state index in [0.29, 0.717) is 19.4 Å². The average Bonchev–Trinajstić information content (AvgIpc) is 3.15. The van der Waals surface area contributed by atoms with Crippen LogP contribution in [-0.4, -0.2) is 29.2 Å². The van der Waals surface area contributed by atoms with Gasteiger partial charge in [-0.15, -0.1) is 0 Å². The second-order valence-corrected chi connectivity index (χ2v) is 7.86. The largest absolute Gasteiger partial charge is 0.353 e. The minimum Gasteiger partial charge on any atom is -0.353 e. The number of nitrogens with one attached hydrogen (secondary N) is 2. The smallest absolute Gasteiger partial charge is 0.223 e. The van der Waals surface area contributed by atoms with E-state index < -0.39 is 5.54 Å². The van der Waals surface area contributed by atoms with Gasteiger partial charge >= 0.3 is 0 Å². The molecule has 30 heavy (non-hydrogen) atoms. The third kappa shape index (κ3) is 3.85. The van der Waals surface area contributed by atoms with Crippen LogP contribution in [0.25, 0.3) is 6.08 Å². The van der Waals surface area contributed by atoms with Crippen LogP contribution in [0.3, 0.4) is 0 Å². The van der Waals surface area contributed by atoms with E-state index in [0.717, 1.165) is 16.7 Å². The monoisotopic (exact) mass is 403 g/mol. The molecule has 154 valence electrons. The van der Waals surface area contributed by atoms with E-state index in [-0.39, 0.29) is 30.2 Å². The maximum Gasteiger partial charge on any atom is 0.223 e. The number of hydrogen-bond acceptors (Lipinski definition) is 3. The van der Waals surface area contributed by atoms with Gasteiger partial charge in [0, 0.05) is 26.1 Å². The van der Waals surface area contributed by atoms with E-state index in [1.165, 1.54) is 6.92 Å². The Morgan fingerprint density at radius 1 is 1.13 bits per heavy atom. The minimum atomic E-state index is -0.599. The van der Waals surface area contributed by atoms with Gasteiger partial charge in [0.15, 0.2) is 0 Å². The maximum atomic E-state index is 12.9. The third-order valence-electron chi connectivity index (χ3n) is 5.92. The summed E-state index contributed by atoms with van der Waals surface area (Å²) in [5, 5.41) is 6.06. The van der Waals surface area contributed by atoms with E-state index in [4.69, 9.17) is 0 Å². The summed E-state index contributed by atoms with van der Waals surface area (Å²) in [6.45, 7) is 1.81. The quantitative estimate of drug-likeness (QED) is 0.806. The summed E-state index contributed by atoms with van der Waals surface area (Å²) in [5.41, 5.74) is 2.35. The Balaban J connectivity index is 1.50. The van der Waals surface area contributed by atoms with Gasteiger partial charge in [0.05, 0.1) is 18.0 Å². The van der Waals surface area contributed by atoms with E-state index in [9.17, 15) is 14.4 Å². The highest BCUT2D eigenvalue weighted by atomic mass is 16.2. The second-order valence-electron chi connectivity index (χ2n) is 7.86. The lowest BCUT2D eigenvalue weighted by Crippen LogP contribution is -2.49. The van der Waals surface area contributed by atoms with E-state index in [1.807, 2.05) is 60.7 Å². The highest BCUT2D eigenvalue weighted by molar-refractivity contribution is 5.83. The van der Waals surface area contributed by atoms with Crippen molar-refractivity contribution in [3.05, 3.63) is 77.5 Å². The number of carbonyl (C=O) groups is 3. The predicted molar refractivity (Wildman–Crippen MR) is 114 cm³/mol. The van der Waals surface area contributed by atoms with Gasteiger partial charge in [-0.05, 0) is 29.2 Å². The Morgan fingerprint density at radius 3 is 2.57 bits per heavy atom. The zero-order valence-corrected chi connectivity index (χ0v) is 16.9. The summed E-state index contributed by atoms with van der Waals surface area (Å²) < 4.78 is 0. The molecule has 0 bridgehead atoms. The molecule has 1 saturated heterocycles. The summed E-state index contributed by atoms with van der Waals surface area (Å²) >= 11 is 0. The van der Waals surface area contributed by atoms with Gasteiger partial charge in [-0.1, -0.05) is 54.6 Å². The van der Waals surface area contributed by atoms with Crippen LogP contribution >= 0.6 is 0 Å². The van der Waals surface area contributed by atoms with Crippen LogP contribution in [0.2, 0.25) is 0 Å². The van der Waals surface area contributed by atoms with Gasteiger partial charge in [0.2, 0.25) is 17.7 Å². The SMILES string of the molecule is CC(=O)N1C=Cc2ccccc2C1CC(=O)NCC1(c2ccccc2)CCC(=O)N1. The van der Waals surface area contributed by atoms with Gasteiger partial charge in [-0.25, -0.2) is 0 Å². The first kappa shape index (κ1) is 19.9. The Kier molecular flexibility index (Phi) is 5.40. The Bertz CT molecular complexity index is 1000. The van der Waals surface area contributed by atoms with Crippen molar-refractivity contribution in [3.8, 4) is 0 Å².